The smallest absolute Gasteiger partial charge is 0.266 e. The molecule has 6 heteroatoms. The molecule has 0 saturated carbocycles. The van der Waals surface area contributed by atoms with Crippen LogP contribution in [-0.4, -0.2) is 22.2 Å². The summed E-state index contributed by atoms with van der Waals surface area (Å²) >= 11 is 0. The van der Waals surface area contributed by atoms with E-state index in [-0.39, 0.29) is 31.0 Å². The van der Waals surface area contributed by atoms with Gasteiger partial charge in [0.25, 0.3) is 5.56 Å². The second kappa shape index (κ2) is 8.40. The van der Waals surface area contributed by atoms with Crippen LogP contribution in [0.25, 0.3) is 11.3 Å². The number of amides is 1. The number of nitrogens with one attached hydrogen (secondary N) is 1. The first-order valence-electron chi connectivity index (χ1n) is 8.68. The second-order valence-electron chi connectivity index (χ2n) is 6.26. The summed E-state index contributed by atoms with van der Waals surface area (Å²) in [7, 11) is 0. The molecule has 0 aliphatic carbocycles. The van der Waals surface area contributed by atoms with Gasteiger partial charge in [-0.1, -0.05) is 48.0 Å². The normalized spacial score (nSPS) is 10.6. The van der Waals surface area contributed by atoms with Gasteiger partial charge in [0.05, 0.1) is 18.7 Å². The van der Waals surface area contributed by atoms with E-state index in [0.717, 1.165) is 11.1 Å². The van der Waals surface area contributed by atoms with Crippen LogP contribution < -0.4 is 10.9 Å². The van der Waals surface area contributed by atoms with Crippen LogP contribution >= 0.6 is 0 Å². The minimum atomic E-state index is -0.406. The molecule has 0 unspecified atom stereocenters. The van der Waals surface area contributed by atoms with Crippen molar-refractivity contribution in [3.63, 3.8) is 0 Å². The Balaban J connectivity index is 1.61. The molecule has 27 heavy (non-hydrogen) atoms. The Morgan fingerprint density at radius 3 is 2.56 bits per heavy atom. The third kappa shape index (κ3) is 4.88. The lowest BCUT2D eigenvalue weighted by Crippen LogP contribution is -2.32. The Morgan fingerprint density at radius 1 is 1.07 bits per heavy atom. The summed E-state index contributed by atoms with van der Waals surface area (Å²) in [6.07, 6.45) is -0.0432. The first-order valence-corrected chi connectivity index (χ1v) is 8.68. The van der Waals surface area contributed by atoms with Gasteiger partial charge in [0.1, 0.15) is 5.82 Å². The van der Waals surface area contributed by atoms with Crippen LogP contribution in [0.2, 0.25) is 0 Å². The van der Waals surface area contributed by atoms with Crippen molar-refractivity contribution < 1.29 is 9.18 Å². The van der Waals surface area contributed by atoms with Crippen molar-refractivity contribution in [2.75, 3.05) is 6.54 Å². The van der Waals surface area contributed by atoms with Gasteiger partial charge >= 0.3 is 0 Å². The number of aromatic nitrogens is 2. The molecule has 0 radical (unpaired) electrons. The molecule has 0 atom stereocenters. The number of hydrogen-bond donors (Lipinski definition) is 1. The van der Waals surface area contributed by atoms with Gasteiger partial charge < -0.3 is 5.32 Å². The molecule has 1 aromatic heterocycles. The van der Waals surface area contributed by atoms with Gasteiger partial charge in [0.15, 0.2) is 0 Å². The number of nitrogens with zero attached hydrogens (tertiary/aromatic N) is 2. The van der Waals surface area contributed by atoms with E-state index in [9.17, 15) is 14.0 Å². The highest BCUT2D eigenvalue weighted by atomic mass is 19.1. The Hall–Kier alpha value is -3.28. The van der Waals surface area contributed by atoms with Crippen molar-refractivity contribution in [2.45, 2.75) is 19.9 Å². The van der Waals surface area contributed by atoms with Crippen molar-refractivity contribution in [2.24, 2.45) is 0 Å². The standard InChI is InChI=1S/C21H20FN3O2/c1-15-6-8-16(9-7-15)19-10-11-21(27)25(24-19)13-12-23-20(26)14-17-4-2-3-5-18(17)22/h2-11H,12-14H2,1H3,(H,23,26). The molecule has 1 N–H and O–H groups in total. The SMILES string of the molecule is Cc1ccc(-c2ccc(=O)n(CCNC(=O)Cc3ccccc3F)n2)cc1. The Labute approximate surface area is 156 Å². The fraction of sp³-hybridized carbons (Fsp3) is 0.190. The first kappa shape index (κ1) is 18.5. The fourth-order valence-corrected chi connectivity index (χ4v) is 2.67. The molecule has 2 aromatic carbocycles. The maximum absolute atomic E-state index is 13.6. The molecule has 0 aliphatic heterocycles. The maximum atomic E-state index is 13.6. The Bertz CT molecular complexity index is 997. The highest BCUT2D eigenvalue weighted by Crippen LogP contribution is 2.15. The number of halogens is 1. The molecular formula is C21H20FN3O2. The zero-order valence-corrected chi connectivity index (χ0v) is 15.0. The summed E-state index contributed by atoms with van der Waals surface area (Å²) < 4.78 is 14.9. The topological polar surface area (TPSA) is 64.0 Å². The zero-order valence-electron chi connectivity index (χ0n) is 15.0. The van der Waals surface area contributed by atoms with Crippen LogP contribution in [0.1, 0.15) is 11.1 Å². The van der Waals surface area contributed by atoms with Crippen LogP contribution in [0.4, 0.5) is 4.39 Å². The minimum Gasteiger partial charge on any atom is -0.354 e. The number of carbonyl (C=O) groups is 1. The van der Waals surface area contributed by atoms with E-state index in [4.69, 9.17) is 0 Å². The molecule has 5 nitrogen and oxygen atoms in total. The van der Waals surface area contributed by atoms with Crippen LogP contribution in [0.3, 0.4) is 0 Å². The highest BCUT2D eigenvalue weighted by Gasteiger charge is 2.08. The number of aryl methyl sites for hydroxylation is 1. The molecule has 0 fully saturated rings. The van der Waals surface area contributed by atoms with E-state index in [1.165, 1.54) is 16.8 Å². The van der Waals surface area contributed by atoms with Gasteiger partial charge in [-0.2, -0.15) is 5.10 Å². The molecule has 0 spiro atoms. The lowest BCUT2D eigenvalue weighted by atomic mass is 10.1. The predicted molar refractivity (Wildman–Crippen MR) is 102 cm³/mol. The molecule has 0 saturated heterocycles. The molecule has 1 amide bonds. The summed E-state index contributed by atoms with van der Waals surface area (Å²) in [6.45, 7) is 2.47. The van der Waals surface area contributed by atoms with Gasteiger partial charge in [0, 0.05) is 18.2 Å². The van der Waals surface area contributed by atoms with Crippen LogP contribution in [0, 0.1) is 12.7 Å². The first-order chi connectivity index (χ1) is 13.0. The maximum Gasteiger partial charge on any atom is 0.266 e. The molecule has 1 heterocycles. The lowest BCUT2D eigenvalue weighted by molar-refractivity contribution is -0.120. The molecule has 138 valence electrons. The average molecular weight is 365 g/mol. The van der Waals surface area contributed by atoms with Gasteiger partial charge in [-0.15, -0.1) is 0 Å². The summed E-state index contributed by atoms with van der Waals surface area (Å²) in [6, 6.07) is 17.2. The fourth-order valence-electron chi connectivity index (χ4n) is 2.67. The van der Waals surface area contributed by atoms with Crippen molar-refractivity contribution >= 4 is 5.91 Å². The third-order valence-corrected chi connectivity index (χ3v) is 4.17. The molecule has 3 aromatic rings. The predicted octanol–water partition coefficient (Wildman–Crippen LogP) is 2.72. The third-order valence-electron chi connectivity index (χ3n) is 4.17. The van der Waals surface area contributed by atoms with Crippen LogP contribution in [0.5, 0.6) is 0 Å². The molecule has 0 bridgehead atoms. The summed E-state index contributed by atoms with van der Waals surface area (Å²) in [5.41, 5.74) is 2.84. The molecule has 3 rings (SSSR count). The van der Waals surface area contributed by atoms with Crippen LogP contribution in [0.15, 0.2) is 65.5 Å². The van der Waals surface area contributed by atoms with E-state index in [0.29, 0.717) is 11.3 Å². The largest absolute Gasteiger partial charge is 0.354 e. The number of rotatable bonds is 6. The number of hydrogen-bond acceptors (Lipinski definition) is 3. The van der Waals surface area contributed by atoms with E-state index in [1.54, 1.807) is 24.3 Å². The number of benzene rings is 2. The van der Waals surface area contributed by atoms with Crippen molar-refractivity contribution in [3.8, 4) is 11.3 Å². The Kier molecular flexibility index (Phi) is 5.76. The average Bonchev–Trinajstić information content (AvgIpc) is 2.66. The second-order valence-corrected chi connectivity index (χ2v) is 6.26. The summed E-state index contributed by atoms with van der Waals surface area (Å²) in [5, 5.41) is 7.06. The Morgan fingerprint density at radius 2 is 1.81 bits per heavy atom. The van der Waals surface area contributed by atoms with E-state index in [2.05, 4.69) is 10.4 Å². The van der Waals surface area contributed by atoms with E-state index < -0.39 is 5.82 Å². The van der Waals surface area contributed by atoms with E-state index >= 15 is 0 Å². The quantitative estimate of drug-likeness (QED) is 0.731. The highest BCUT2D eigenvalue weighted by molar-refractivity contribution is 5.78. The van der Waals surface area contributed by atoms with Crippen LogP contribution in [-0.2, 0) is 17.8 Å². The number of carbonyl (C=O) groups excluding carboxylic acids is 1. The van der Waals surface area contributed by atoms with Gasteiger partial charge in [0.2, 0.25) is 5.91 Å². The van der Waals surface area contributed by atoms with Crippen molar-refractivity contribution in [1.29, 1.82) is 0 Å². The zero-order chi connectivity index (χ0) is 19.2. The van der Waals surface area contributed by atoms with Gasteiger partial charge in [-0.05, 0) is 24.6 Å². The van der Waals surface area contributed by atoms with Gasteiger partial charge in [-0.3, -0.25) is 9.59 Å². The monoisotopic (exact) mass is 365 g/mol. The van der Waals surface area contributed by atoms with E-state index in [1.807, 2.05) is 31.2 Å². The van der Waals surface area contributed by atoms with Gasteiger partial charge in [-0.25, -0.2) is 9.07 Å². The summed E-state index contributed by atoms with van der Waals surface area (Å²) in [4.78, 5) is 24.0. The minimum absolute atomic E-state index is 0.0432. The van der Waals surface area contributed by atoms with Crippen molar-refractivity contribution in [3.05, 3.63) is 88.0 Å². The molecular weight excluding hydrogens is 345 g/mol. The summed E-state index contributed by atoms with van der Waals surface area (Å²) in [5.74, 6) is -0.709. The van der Waals surface area contributed by atoms with Crippen molar-refractivity contribution in [1.82, 2.24) is 15.1 Å². The molecule has 0 aliphatic rings. The lowest BCUT2D eigenvalue weighted by Gasteiger charge is -2.09.